The first kappa shape index (κ1) is 18.2. The van der Waals surface area contributed by atoms with Gasteiger partial charge in [-0.2, -0.15) is 0 Å². The molecule has 4 rings (SSSR count). The fourth-order valence-corrected chi connectivity index (χ4v) is 3.68. The maximum Gasteiger partial charge on any atom is 0.192 e. The zero-order valence-corrected chi connectivity index (χ0v) is 16.1. The monoisotopic (exact) mass is 373 g/mol. The van der Waals surface area contributed by atoms with Crippen LogP contribution >= 0.6 is 0 Å². The van der Waals surface area contributed by atoms with Crippen LogP contribution in [0.15, 0.2) is 77.8 Å². The molecule has 2 N–H and O–H groups in total. The molecular formula is C24H24FN3. The summed E-state index contributed by atoms with van der Waals surface area (Å²) in [5.41, 5.74) is 5.74. The van der Waals surface area contributed by atoms with Crippen LogP contribution in [0.4, 0.5) is 4.39 Å². The molecule has 3 aromatic rings. The third-order valence-corrected chi connectivity index (χ3v) is 5.03. The first-order valence-corrected chi connectivity index (χ1v) is 9.53. The summed E-state index contributed by atoms with van der Waals surface area (Å²) < 4.78 is 13.4. The molecule has 0 saturated carbocycles. The van der Waals surface area contributed by atoms with Crippen LogP contribution in [0.5, 0.6) is 0 Å². The standard InChI is InChI=1S/C24H24FN3/c1-16-6-3-9-19(12-16)22-23(20-10-4-7-17(2)13-20)28-24(27-22)26-15-18-8-5-11-21(25)14-18/h3-14,22-23H,15H2,1-2H3,(H2,26,27,28)/t22-,23+. The van der Waals surface area contributed by atoms with Crippen molar-refractivity contribution in [3.8, 4) is 0 Å². The molecule has 1 heterocycles. The van der Waals surface area contributed by atoms with Crippen LogP contribution in [-0.2, 0) is 6.54 Å². The van der Waals surface area contributed by atoms with Crippen molar-refractivity contribution in [2.75, 3.05) is 0 Å². The molecule has 3 nitrogen and oxygen atoms in total. The number of hydrogen-bond acceptors (Lipinski definition) is 1. The number of nitrogens with zero attached hydrogens (tertiary/aromatic N) is 1. The van der Waals surface area contributed by atoms with Crippen LogP contribution in [0.1, 0.15) is 39.9 Å². The maximum absolute atomic E-state index is 13.4. The van der Waals surface area contributed by atoms with Gasteiger partial charge in [0, 0.05) is 0 Å². The zero-order valence-electron chi connectivity index (χ0n) is 16.1. The molecule has 0 amide bonds. The second kappa shape index (κ2) is 7.85. The van der Waals surface area contributed by atoms with E-state index < -0.39 is 0 Å². The lowest BCUT2D eigenvalue weighted by Gasteiger charge is -2.20. The number of hydrogen-bond donors (Lipinski definition) is 2. The van der Waals surface area contributed by atoms with E-state index in [0.29, 0.717) is 6.54 Å². The predicted molar refractivity (Wildman–Crippen MR) is 112 cm³/mol. The van der Waals surface area contributed by atoms with Crippen LogP contribution in [-0.4, -0.2) is 5.96 Å². The van der Waals surface area contributed by atoms with Gasteiger partial charge in [-0.05, 0) is 42.7 Å². The number of benzene rings is 3. The molecule has 28 heavy (non-hydrogen) atoms. The number of aryl methyl sites for hydroxylation is 2. The number of nitrogens with one attached hydrogen (secondary N) is 2. The van der Waals surface area contributed by atoms with Gasteiger partial charge in [-0.25, -0.2) is 9.38 Å². The molecule has 1 aliphatic rings. The fraction of sp³-hybridized carbons (Fsp3) is 0.208. The minimum Gasteiger partial charge on any atom is -0.347 e. The second-order valence-corrected chi connectivity index (χ2v) is 7.37. The number of rotatable bonds is 4. The molecule has 0 radical (unpaired) electrons. The normalized spacial score (nSPS) is 20.0. The summed E-state index contributed by atoms with van der Waals surface area (Å²) in [5, 5.41) is 7.07. The van der Waals surface area contributed by atoms with Gasteiger partial charge in [0.1, 0.15) is 5.82 Å². The van der Waals surface area contributed by atoms with Gasteiger partial charge in [0.15, 0.2) is 5.96 Å². The first-order valence-electron chi connectivity index (χ1n) is 9.53. The Kier molecular flexibility index (Phi) is 5.11. The highest BCUT2D eigenvalue weighted by atomic mass is 19.1. The molecule has 4 heteroatoms. The van der Waals surface area contributed by atoms with E-state index in [-0.39, 0.29) is 17.9 Å². The molecule has 0 aliphatic carbocycles. The van der Waals surface area contributed by atoms with Crippen molar-refractivity contribution >= 4 is 5.96 Å². The summed E-state index contributed by atoms with van der Waals surface area (Å²) in [6.45, 7) is 4.63. The Labute approximate surface area is 165 Å². The minimum absolute atomic E-state index is 0.0768. The Morgan fingerprint density at radius 1 is 0.786 bits per heavy atom. The van der Waals surface area contributed by atoms with Crippen molar-refractivity contribution in [1.29, 1.82) is 0 Å². The Balaban J connectivity index is 1.63. The molecule has 1 saturated heterocycles. The van der Waals surface area contributed by atoms with Crippen LogP contribution in [0.2, 0.25) is 0 Å². The van der Waals surface area contributed by atoms with Gasteiger partial charge in [-0.1, -0.05) is 71.8 Å². The third-order valence-electron chi connectivity index (χ3n) is 5.03. The van der Waals surface area contributed by atoms with E-state index in [1.807, 2.05) is 6.07 Å². The van der Waals surface area contributed by atoms with E-state index in [0.717, 1.165) is 11.5 Å². The van der Waals surface area contributed by atoms with Crippen LogP contribution in [0.25, 0.3) is 0 Å². The van der Waals surface area contributed by atoms with E-state index in [4.69, 9.17) is 0 Å². The maximum atomic E-state index is 13.4. The van der Waals surface area contributed by atoms with Gasteiger partial charge in [0.05, 0.1) is 18.6 Å². The third kappa shape index (κ3) is 4.06. The largest absolute Gasteiger partial charge is 0.347 e. The van der Waals surface area contributed by atoms with Crippen molar-refractivity contribution < 1.29 is 4.39 Å². The van der Waals surface area contributed by atoms with Crippen molar-refractivity contribution in [2.45, 2.75) is 32.5 Å². The molecule has 1 fully saturated rings. The fourth-order valence-electron chi connectivity index (χ4n) is 3.68. The Morgan fingerprint density at radius 3 is 1.89 bits per heavy atom. The number of halogens is 1. The Morgan fingerprint density at radius 2 is 1.36 bits per heavy atom. The van der Waals surface area contributed by atoms with Crippen molar-refractivity contribution in [2.24, 2.45) is 4.99 Å². The molecule has 0 aromatic heterocycles. The lowest BCUT2D eigenvalue weighted by molar-refractivity contribution is 0.553. The topological polar surface area (TPSA) is 36.4 Å². The van der Waals surface area contributed by atoms with Gasteiger partial charge < -0.3 is 10.6 Å². The van der Waals surface area contributed by atoms with Crippen LogP contribution in [0.3, 0.4) is 0 Å². The summed E-state index contributed by atoms with van der Waals surface area (Å²) >= 11 is 0. The molecule has 0 spiro atoms. The second-order valence-electron chi connectivity index (χ2n) is 7.37. The Hall–Kier alpha value is -3.14. The van der Waals surface area contributed by atoms with Crippen molar-refractivity contribution in [1.82, 2.24) is 10.6 Å². The molecule has 3 aromatic carbocycles. The zero-order chi connectivity index (χ0) is 19.5. The molecule has 2 atom stereocenters. The average Bonchev–Trinajstić information content (AvgIpc) is 3.11. The summed E-state index contributed by atoms with van der Waals surface area (Å²) in [6.07, 6.45) is 0. The molecule has 1 aliphatic heterocycles. The minimum atomic E-state index is -0.236. The van der Waals surface area contributed by atoms with Gasteiger partial charge in [0.25, 0.3) is 0 Å². The van der Waals surface area contributed by atoms with E-state index >= 15 is 0 Å². The quantitative estimate of drug-likeness (QED) is 0.677. The van der Waals surface area contributed by atoms with Crippen LogP contribution < -0.4 is 10.6 Å². The summed E-state index contributed by atoms with van der Waals surface area (Å²) in [7, 11) is 0. The van der Waals surface area contributed by atoms with Gasteiger partial charge in [-0.3, -0.25) is 0 Å². The Bertz CT molecular complexity index is 956. The van der Waals surface area contributed by atoms with Crippen LogP contribution in [0, 0.1) is 19.7 Å². The highest BCUT2D eigenvalue weighted by Gasteiger charge is 2.32. The molecule has 142 valence electrons. The highest BCUT2D eigenvalue weighted by molar-refractivity contribution is 5.83. The lowest BCUT2D eigenvalue weighted by Crippen LogP contribution is -2.25. The van der Waals surface area contributed by atoms with Crippen molar-refractivity contribution in [3.63, 3.8) is 0 Å². The number of guanidine groups is 1. The van der Waals surface area contributed by atoms with Crippen molar-refractivity contribution in [3.05, 3.63) is 106 Å². The predicted octanol–water partition coefficient (Wildman–Crippen LogP) is 4.97. The summed E-state index contributed by atoms with van der Waals surface area (Å²) in [6, 6.07) is 23.8. The molecule has 0 unspecified atom stereocenters. The van der Waals surface area contributed by atoms with E-state index in [1.165, 1.54) is 34.4 Å². The van der Waals surface area contributed by atoms with Gasteiger partial charge in [0.2, 0.25) is 0 Å². The average molecular weight is 373 g/mol. The van der Waals surface area contributed by atoms with E-state index in [1.54, 1.807) is 6.07 Å². The summed E-state index contributed by atoms with van der Waals surface area (Å²) in [4.78, 5) is 4.66. The highest BCUT2D eigenvalue weighted by Crippen LogP contribution is 2.33. The lowest BCUT2D eigenvalue weighted by atomic mass is 9.93. The van der Waals surface area contributed by atoms with Gasteiger partial charge >= 0.3 is 0 Å². The van der Waals surface area contributed by atoms with E-state index in [9.17, 15) is 4.39 Å². The molecule has 0 bridgehead atoms. The van der Waals surface area contributed by atoms with E-state index in [2.05, 4.69) is 78.0 Å². The SMILES string of the molecule is Cc1cccc([C@H]2NC(=NCc3cccc(F)c3)N[C@H]2c2cccc(C)c2)c1. The summed E-state index contributed by atoms with van der Waals surface area (Å²) in [5.74, 6) is 0.502. The molecular weight excluding hydrogens is 349 g/mol. The first-order chi connectivity index (χ1) is 13.6. The van der Waals surface area contributed by atoms with Gasteiger partial charge in [-0.15, -0.1) is 0 Å². The number of aliphatic imine (C=N–C) groups is 1. The smallest absolute Gasteiger partial charge is 0.192 e.